The van der Waals surface area contributed by atoms with Crippen molar-refractivity contribution in [2.45, 2.75) is 13.0 Å². The Morgan fingerprint density at radius 3 is 2.39 bits per heavy atom. The number of hydrogen-bond acceptors (Lipinski definition) is 8. The van der Waals surface area contributed by atoms with Gasteiger partial charge in [-0.05, 0) is 23.9 Å². The maximum Gasteiger partial charge on any atom is 0.372 e. The fourth-order valence-electron chi connectivity index (χ4n) is 1.47. The standard InChI is InChI=1S/C13H14N2O7S/c1-8(16)14-11(12(17)21-2)7-23-13(18)22-10-5-3-9(4-6-10)15(19)20/h3-6,11H,7H2,1-2H3,(H,14,16)/t11-/m0/s1. The third-order valence-corrected chi connectivity index (χ3v) is 3.30. The number of thioether (sulfide) groups is 1. The van der Waals surface area contributed by atoms with Crippen LogP contribution in [0.5, 0.6) is 5.75 Å². The summed E-state index contributed by atoms with van der Waals surface area (Å²) in [5.41, 5.74) is -0.131. The lowest BCUT2D eigenvalue weighted by atomic mass is 10.3. The lowest BCUT2D eigenvalue weighted by molar-refractivity contribution is -0.384. The number of carbonyl (C=O) groups is 3. The number of nitrogens with one attached hydrogen (secondary N) is 1. The molecule has 9 nitrogen and oxygen atoms in total. The molecule has 0 aliphatic rings. The Morgan fingerprint density at radius 2 is 1.91 bits per heavy atom. The molecule has 0 aliphatic carbocycles. The minimum atomic E-state index is -0.980. The number of hydrogen-bond donors (Lipinski definition) is 1. The number of ether oxygens (including phenoxy) is 2. The Balaban J connectivity index is 2.56. The van der Waals surface area contributed by atoms with Crippen molar-refractivity contribution in [3.63, 3.8) is 0 Å². The summed E-state index contributed by atoms with van der Waals surface area (Å²) in [5, 5.41) is 12.1. The van der Waals surface area contributed by atoms with E-state index in [0.29, 0.717) is 11.8 Å². The van der Waals surface area contributed by atoms with Crippen molar-refractivity contribution in [3.8, 4) is 5.75 Å². The van der Waals surface area contributed by atoms with Gasteiger partial charge in [0.1, 0.15) is 11.8 Å². The van der Waals surface area contributed by atoms with Crippen LogP contribution in [0.1, 0.15) is 6.92 Å². The molecule has 0 radical (unpaired) electrons. The van der Waals surface area contributed by atoms with Crippen LogP contribution in [0.25, 0.3) is 0 Å². The molecule has 0 bridgehead atoms. The predicted octanol–water partition coefficient (Wildman–Crippen LogP) is 1.50. The largest absolute Gasteiger partial charge is 0.467 e. The van der Waals surface area contributed by atoms with Crippen LogP contribution in [-0.2, 0) is 14.3 Å². The molecular formula is C13H14N2O7S. The molecule has 0 spiro atoms. The summed E-state index contributed by atoms with van der Waals surface area (Å²) in [7, 11) is 1.16. The van der Waals surface area contributed by atoms with E-state index in [4.69, 9.17) is 4.74 Å². The SMILES string of the molecule is COC(=O)[C@H](CSC(=O)Oc1ccc([N+](=O)[O-])cc1)NC(C)=O. The molecule has 0 aliphatic heterocycles. The second-order valence-corrected chi connectivity index (χ2v) is 5.15. The summed E-state index contributed by atoms with van der Waals surface area (Å²) in [6.07, 6.45) is 0. The lowest BCUT2D eigenvalue weighted by Crippen LogP contribution is -2.42. The first-order valence-corrected chi connectivity index (χ1v) is 7.26. The molecular weight excluding hydrogens is 328 g/mol. The summed E-state index contributed by atoms with van der Waals surface area (Å²) >= 11 is 0.665. The minimum Gasteiger partial charge on any atom is -0.467 e. The molecule has 0 heterocycles. The number of carbonyl (C=O) groups excluding carboxylic acids is 3. The quantitative estimate of drug-likeness (QED) is 0.468. The van der Waals surface area contributed by atoms with Gasteiger partial charge in [-0.1, -0.05) is 0 Å². The van der Waals surface area contributed by atoms with E-state index in [1.807, 2.05) is 0 Å². The van der Waals surface area contributed by atoms with E-state index in [2.05, 4.69) is 10.1 Å². The maximum absolute atomic E-state index is 11.7. The highest BCUT2D eigenvalue weighted by Gasteiger charge is 2.22. The summed E-state index contributed by atoms with van der Waals surface area (Å²) in [5.74, 6) is -1.07. The van der Waals surface area contributed by atoms with Crippen molar-refractivity contribution >= 4 is 34.6 Å². The molecule has 124 valence electrons. The van der Waals surface area contributed by atoms with E-state index in [1.165, 1.54) is 31.2 Å². The summed E-state index contributed by atoms with van der Waals surface area (Å²) in [4.78, 5) is 44.1. The number of methoxy groups -OCH3 is 1. The van der Waals surface area contributed by atoms with Crippen molar-refractivity contribution in [2.75, 3.05) is 12.9 Å². The molecule has 1 aromatic rings. The molecule has 0 saturated heterocycles. The Bertz CT molecular complexity index is 603. The second kappa shape index (κ2) is 8.73. The van der Waals surface area contributed by atoms with Gasteiger partial charge < -0.3 is 14.8 Å². The van der Waals surface area contributed by atoms with Crippen molar-refractivity contribution in [3.05, 3.63) is 34.4 Å². The van der Waals surface area contributed by atoms with Crippen LogP contribution >= 0.6 is 11.8 Å². The highest BCUT2D eigenvalue weighted by molar-refractivity contribution is 8.13. The molecule has 0 unspecified atom stereocenters. The topological polar surface area (TPSA) is 125 Å². The molecule has 1 rings (SSSR count). The van der Waals surface area contributed by atoms with Gasteiger partial charge >= 0.3 is 11.3 Å². The molecule has 10 heteroatoms. The first-order valence-electron chi connectivity index (χ1n) is 6.27. The minimum absolute atomic E-state index is 0.0714. The van der Waals surface area contributed by atoms with Crippen LogP contribution < -0.4 is 10.1 Å². The van der Waals surface area contributed by atoms with E-state index in [0.717, 1.165) is 7.11 Å². The zero-order valence-electron chi connectivity index (χ0n) is 12.3. The normalized spacial score (nSPS) is 11.2. The van der Waals surface area contributed by atoms with E-state index in [9.17, 15) is 24.5 Å². The predicted molar refractivity (Wildman–Crippen MR) is 81.2 cm³/mol. The van der Waals surface area contributed by atoms with Crippen molar-refractivity contribution in [2.24, 2.45) is 0 Å². The van der Waals surface area contributed by atoms with Gasteiger partial charge in [-0.3, -0.25) is 14.9 Å². The maximum atomic E-state index is 11.7. The van der Waals surface area contributed by atoms with Gasteiger partial charge in [0.15, 0.2) is 0 Å². The third-order valence-electron chi connectivity index (χ3n) is 2.48. The molecule has 1 amide bonds. The Hall–Kier alpha value is -2.62. The van der Waals surface area contributed by atoms with Gasteiger partial charge in [0.05, 0.1) is 12.0 Å². The lowest BCUT2D eigenvalue weighted by Gasteiger charge is -2.14. The van der Waals surface area contributed by atoms with Crippen LogP contribution in [-0.4, -0.2) is 41.0 Å². The number of rotatable bonds is 6. The Kier molecular flexibility index (Phi) is 7.00. The highest BCUT2D eigenvalue weighted by Crippen LogP contribution is 2.19. The van der Waals surface area contributed by atoms with Crippen LogP contribution in [0, 0.1) is 10.1 Å². The highest BCUT2D eigenvalue weighted by atomic mass is 32.2. The average Bonchev–Trinajstić information content (AvgIpc) is 2.50. The van der Waals surface area contributed by atoms with Gasteiger partial charge in [0.25, 0.3) is 5.69 Å². The van der Waals surface area contributed by atoms with Crippen molar-refractivity contribution in [1.29, 1.82) is 0 Å². The number of benzene rings is 1. The molecule has 1 N–H and O–H groups in total. The van der Waals surface area contributed by atoms with Crippen LogP contribution in [0.4, 0.5) is 10.5 Å². The summed E-state index contributed by atoms with van der Waals surface area (Å²) in [6, 6.07) is 3.97. The zero-order chi connectivity index (χ0) is 17.4. The number of non-ortho nitro benzene ring substituents is 1. The Morgan fingerprint density at radius 1 is 1.30 bits per heavy atom. The van der Waals surface area contributed by atoms with E-state index < -0.39 is 28.1 Å². The summed E-state index contributed by atoms with van der Waals surface area (Å²) < 4.78 is 9.47. The molecule has 23 heavy (non-hydrogen) atoms. The first-order chi connectivity index (χ1) is 10.8. The fourth-order valence-corrected chi connectivity index (χ4v) is 2.15. The Labute approximate surface area is 135 Å². The van der Waals surface area contributed by atoms with E-state index >= 15 is 0 Å². The monoisotopic (exact) mass is 342 g/mol. The summed E-state index contributed by atoms with van der Waals surface area (Å²) in [6.45, 7) is 1.23. The molecule has 1 atom stereocenters. The second-order valence-electron chi connectivity index (χ2n) is 4.19. The van der Waals surface area contributed by atoms with Gasteiger partial charge in [0.2, 0.25) is 5.91 Å². The number of esters is 1. The number of nitro benzene ring substituents is 1. The van der Waals surface area contributed by atoms with Crippen LogP contribution in [0.3, 0.4) is 0 Å². The number of nitro groups is 1. The van der Waals surface area contributed by atoms with Crippen LogP contribution in [0.2, 0.25) is 0 Å². The van der Waals surface area contributed by atoms with Gasteiger partial charge in [0, 0.05) is 24.8 Å². The van der Waals surface area contributed by atoms with E-state index in [-0.39, 0.29) is 17.2 Å². The van der Waals surface area contributed by atoms with Crippen LogP contribution in [0.15, 0.2) is 24.3 Å². The third kappa shape index (κ3) is 6.34. The smallest absolute Gasteiger partial charge is 0.372 e. The van der Waals surface area contributed by atoms with Crippen molar-refractivity contribution < 1.29 is 28.8 Å². The molecule has 0 fully saturated rings. The van der Waals surface area contributed by atoms with Gasteiger partial charge in [-0.15, -0.1) is 0 Å². The van der Waals surface area contributed by atoms with Gasteiger partial charge in [-0.2, -0.15) is 0 Å². The number of nitrogens with zero attached hydrogens (tertiary/aromatic N) is 1. The number of amides is 1. The van der Waals surface area contributed by atoms with Crippen molar-refractivity contribution in [1.82, 2.24) is 5.32 Å². The molecule has 0 saturated carbocycles. The van der Waals surface area contributed by atoms with Gasteiger partial charge in [-0.25, -0.2) is 9.59 Å². The fraction of sp³-hybridized carbons (Fsp3) is 0.308. The average molecular weight is 342 g/mol. The zero-order valence-corrected chi connectivity index (χ0v) is 13.1. The molecule has 1 aromatic carbocycles. The van der Waals surface area contributed by atoms with E-state index in [1.54, 1.807) is 0 Å². The molecule has 0 aromatic heterocycles. The first kappa shape index (κ1) is 18.4.